The van der Waals surface area contributed by atoms with E-state index in [9.17, 15) is 4.79 Å². The molecule has 3 nitrogen and oxygen atoms in total. The predicted octanol–water partition coefficient (Wildman–Crippen LogP) is 2.71. The van der Waals surface area contributed by atoms with Crippen LogP contribution in [-0.4, -0.2) is 10.9 Å². The number of benzene rings is 1. The summed E-state index contributed by atoms with van der Waals surface area (Å²) in [4.78, 5) is 11.7. The third kappa shape index (κ3) is 3.47. The first-order valence-corrected chi connectivity index (χ1v) is 5.72. The number of carbonyl (C=O) groups is 1. The molecule has 0 radical (unpaired) electrons. The molecular weight excluding hydrogens is 244 g/mol. The number of anilines is 1. The number of thiocarbonyl (C=S) groups is 1. The summed E-state index contributed by atoms with van der Waals surface area (Å²) in [5, 5.41) is 3.28. The number of amides is 1. The van der Waals surface area contributed by atoms with Crippen molar-refractivity contribution in [3.05, 3.63) is 28.8 Å². The minimum Gasteiger partial charge on any atom is -0.389 e. The van der Waals surface area contributed by atoms with Gasteiger partial charge >= 0.3 is 0 Å². The first kappa shape index (κ1) is 12.9. The van der Waals surface area contributed by atoms with E-state index in [-0.39, 0.29) is 10.9 Å². The van der Waals surface area contributed by atoms with Crippen molar-refractivity contribution >= 4 is 40.4 Å². The maximum Gasteiger partial charge on any atom is 0.224 e. The maximum absolute atomic E-state index is 11.5. The van der Waals surface area contributed by atoms with Crippen molar-refractivity contribution in [3.63, 3.8) is 0 Å². The molecule has 5 heteroatoms. The van der Waals surface area contributed by atoms with E-state index in [4.69, 9.17) is 29.6 Å². The fourth-order valence-electron chi connectivity index (χ4n) is 1.27. The Morgan fingerprint density at radius 2 is 2.25 bits per heavy atom. The summed E-state index contributed by atoms with van der Waals surface area (Å²) in [7, 11) is 0. The average molecular weight is 257 g/mol. The molecule has 16 heavy (non-hydrogen) atoms. The van der Waals surface area contributed by atoms with Crippen molar-refractivity contribution in [2.24, 2.45) is 5.73 Å². The van der Waals surface area contributed by atoms with Crippen molar-refractivity contribution < 1.29 is 4.79 Å². The van der Waals surface area contributed by atoms with Crippen molar-refractivity contribution in [3.8, 4) is 0 Å². The quantitative estimate of drug-likeness (QED) is 0.815. The van der Waals surface area contributed by atoms with Crippen LogP contribution in [0.1, 0.15) is 25.3 Å². The monoisotopic (exact) mass is 256 g/mol. The van der Waals surface area contributed by atoms with Crippen molar-refractivity contribution in [1.29, 1.82) is 0 Å². The molecule has 1 rings (SSSR count). The lowest BCUT2D eigenvalue weighted by atomic mass is 10.1. The fraction of sp³-hybridized carbons (Fsp3) is 0.273. The molecule has 0 aliphatic carbocycles. The first-order chi connectivity index (χ1) is 7.54. The predicted molar refractivity (Wildman–Crippen MR) is 70.9 cm³/mol. The van der Waals surface area contributed by atoms with E-state index in [0.29, 0.717) is 22.7 Å². The van der Waals surface area contributed by atoms with Crippen LogP contribution in [0.25, 0.3) is 0 Å². The van der Waals surface area contributed by atoms with Gasteiger partial charge in [-0.2, -0.15) is 0 Å². The van der Waals surface area contributed by atoms with Crippen molar-refractivity contribution in [2.75, 3.05) is 5.32 Å². The van der Waals surface area contributed by atoms with Gasteiger partial charge in [-0.1, -0.05) is 30.7 Å². The number of nitrogens with two attached hydrogens (primary N) is 1. The summed E-state index contributed by atoms with van der Waals surface area (Å²) < 4.78 is 0. The van der Waals surface area contributed by atoms with Gasteiger partial charge in [0.25, 0.3) is 0 Å². The summed E-state index contributed by atoms with van der Waals surface area (Å²) in [6.45, 7) is 1.94. The highest BCUT2D eigenvalue weighted by atomic mass is 35.5. The Morgan fingerprint density at radius 3 is 2.81 bits per heavy atom. The Morgan fingerprint density at radius 1 is 1.56 bits per heavy atom. The fourth-order valence-corrected chi connectivity index (χ4v) is 1.62. The zero-order chi connectivity index (χ0) is 12.1. The van der Waals surface area contributed by atoms with Crippen LogP contribution in [0.4, 0.5) is 5.69 Å². The van der Waals surface area contributed by atoms with Crippen molar-refractivity contribution in [1.82, 2.24) is 0 Å². The lowest BCUT2D eigenvalue weighted by Gasteiger charge is -2.10. The van der Waals surface area contributed by atoms with Crippen LogP contribution in [0.5, 0.6) is 0 Å². The molecule has 0 unspecified atom stereocenters. The number of hydrogen-bond donors (Lipinski definition) is 2. The van der Waals surface area contributed by atoms with Crippen LogP contribution in [0.3, 0.4) is 0 Å². The highest BCUT2D eigenvalue weighted by Gasteiger charge is 2.08. The second kappa shape index (κ2) is 5.82. The number of carbonyl (C=O) groups excluding carboxylic acids is 1. The third-order valence-corrected chi connectivity index (χ3v) is 2.45. The zero-order valence-corrected chi connectivity index (χ0v) is 10.5. The lowest BCUT2D eigenvalue weighted by Crippen LogP contribution is -2.17. The highest BCUT2D eigenvalue weighted by Crippen LogP contribution is 2.21. The average Bonchev–Trinajstić information content (AvgIpc) is 2.17. The van der Waals surface area contributed by atoms with Gasteiger partial charge in [0.1, 0.15) is 4.99 Å². The lowest BCUT2D eigenvalue weighted by molar-refractivity contribution is -0.116. The SMILES string of the molecule is CCCC(=O)Nc1cc(Cl)ccc1C(N)=S. The molecule has 1 amide bonds. The number of nitrogens with one attached hydrogen (secondary N) is 1. The Bertz CT molecular complexity index is 420. The Hall–Kier alpha value is -1.13. The molecule has 0 saturated carbocycles. The summed E-state index contributed by atoms with van der Waals surface area (Å²) in [5.41, 5.74) is 6.75. The van der Waals surface area contributed by atoms with E-state index >= 15 is 0 Å². The summed E-state index contributed by atoms with van der Waals surface area (Å²) in [6, 6.07) is 5.03. The van der Waals surface area contributed by atoms with Crippen LogP contribution < -0.4 is 11.1 Å². The highest BCUT2D eigenvalue weighted by molar-refractivity contribution is 7.80. The molecule has 3 N–H and O–H groups in total. The molecule has 0 aromatic heterocycles. The van der Waals surface area contributed by atoms with Crippen LogP contribution in [-0.2, 0) is 4.79 Å². The van der Waals surface area contributed by atoms with Crippen molar-refractivity contribution in [2.45, 2.75) is 19.8 Å². The van der Waals surface area contributed by atoms with Gasteiger partial charge in [0, 0.05) is 17.0 Å². The molecule has 0 saturated heterocycles. The Balaban J connectivity index is 2.96. The van der Waals surface area contributed by atoms with Gasteiger partial charge in [0.05, 0.1) is 5.69 Å². The molecule has 0 bridgehead atoms. The molecule has 1 aromatic carbocycles. The van der Waals surface area contributed by atoms with Gasteiger partial charge in [-0.05, 0) is 24.6 Å². The minimum atomic E-state index is -0.0673. The zero-order valence-electron chi connectivity index (χ0n) is 8.92. The van der Waals surface area contributed by atoms with Crippen LogP contribution in [0.15, 0.2) is 18.2 Å². The van der Waals surface area contributed by atoms with E-state index in [2.05, 4.69) is 5.32 Å². The van der Waals surface area contributed by atoms with Gasteiger partial charge in [-0.3, -0.25) is 4.79 Å². The standard InChI is InChI=1S/C11H13ClN2OS/c1-2-3-10(15)14-9-6-7(12)4-5-8(9)11(13)16/h4-6H,2-3H2,1H3,(H2,13,16)(H,14,15). The number of halogens is 1. The molecule has 0 heterocycles. The minimum absolute atomic E-state index is 0.0673. The second-order valence-electron chi connectivity index (χ2n) is 3.35. The van der Waals surface area contributed by atoms with Gasteiger partial charge < -0.3 is 11.1 Å². The van der Waals surface area contributed by atoms with Crippen LogP contribution in [0, 0.1) is 0 Å². The van der Waals surface area contributed by atoms with Gasteiger partial charge in [-0.25, -0.2) is 0 Å². The molecular formula is C11H13ClN2OS. The van der Waals surface area contributed by atoms with E-state index in [0.717, 1.165) is 6.42 Å². The maximum atomic E-state index is 11.5. The molecule has 0 aliphatic heterocycles. The number of hydrogen-bond acceptors (Lipinski definition) is 2. The van der Waals surface area contributed by atoms with E-state index in [1.807, 2.05) is 6.92 Å². The molecule has 0 atom stereocenters. The summed E-state index contributed by atoms with van der Waals surface area (Å²) in [5.74, 6) is -0.0673. The van der Waals surface area contributed by atoms with Gasteiger partial charge in [-0.15, -0.1) is 0 Å². The molecule has 0 spiro atoms. The largest absolute Gasteiger partial charge is 0.389 e. The second-order valence-corrected chi connectivity index (χ2v) is 4.23. The normalized spacial score (nSPS) is 9.88. The first-order valence-electron chi connectivity index (χ1n) is 4.93. The molecule has 0 fully saturated rings. The number of rotatable bonds is 4. The molecule has 86 valence electrons. The summed E-state index contributed by atoms with van der Waals surface area (Å²) >= 11 is 10.7. The third-order valence-electron chi connectivity index (χ3n) is 2.00. The van der Waals surface area contributed by atoms with Gasteiger partial charge in [0.2, 0.25) is 5.91 Å². The smallest absolute Gasteiger partial charge is 0.224 e. The topological polar surface area (TPSA) is 55.1 Å². The van der Waals surface area contributed by atoms with E-state index in [1.54, 1.807) is 18.2 Å². The molecule has 0 aliphatic rings. The summed E-state index contributed by atoms with van der Waals surface area (Å²) in [6.07, 6.45) is 1.25. The Kier molecular flexibility index (Phi) is 4.71. The van der Waals surface area contributed by atoms with Crippen LogP contribution in [0.2, 0.25) is 5.02 Å². The van der Waals surface area contributed by atoms with E-state index in [1.165, 1.54) is 0 Å². The Labute approximate surface area is 105 Å². The molecule has 1 aromatic rings. The van der Waals surface area contributed by atoms with E-state index < -0.39 is 0 Å². The van der Waals surface area contributed by atoms with Crippen LogP contribution >= 0.6 is 23.8 Å². The van der Waals surface area contributed by atoms with Gasteiger partial charge in [0.15, 0.2) is 0 Å².